The second kappa shape index (κ2) is 16.0. The van der Waals surface area contributed by atoms with Crippen LogP contribution in [0.3, 0.4) is 0 Å². The van der Waals surface area contributed by atoms with Crippen molar-refractivity contribution >= 4 is 11.6 Å². The quantitative estimate of drug-likeness (QED) is 0.528. The highest BCUT2D eigenvalue weighted by Crippen LogP contribution is 1.65. The second-order valence-electron chi connectivity index (χ2n) is 0.776. The molecule has 0 N–H and O–H groups in total. The molecule has 1 nitrogen and oxygen atoms in total. The molecule has 0 fully saturated rings. The lowest BCUT2D eigenvalue weighted by molar-refractivity contribution is 0.270. The number of rotatable bonds is 2. The highest BCUT2D eigenvalue weighted by molar-refractivity contribution is 6.25. The lowest BCUT2D eigenvalue weighted by Crippen LogP contribution is -1.72. The summed E-state index contributed by atoms with van der Waals surface area (Å²) in [5.41, 5.74) is 1.22. The van der Waals surface area contributed by atoms with Crippen molar-refractivity contribution in [1.29, 1.82) is 0 Å². The Hall–Kier alpha value is -0.430. The molecule has 8 heavy (non-hydrogen) atoms. The van der Waals surface area contributed by atoms with E-state index in [9.17, 15) is 0 Å². The zero-order valence-corrected chi connectivity index (χ0v) is 5.82. The van der Waals surface area contributed by atoms with Crippen molar-refractivity contribution in [3.8, 4) is 0 Å². The van der Waals surface area contributed by atoms with Crippen molar-refractivity contribution < 1.29 is 4.74 Å². The van der Waals surface area contributed by atoms with Crippen LogP contribution in [0, 0.1) is 0 Å². The summed E-state index contributed by atoms with van der Waals surface area (Å²) >= 11 is 4.76. The van der Waals surface area contributed by atoms with Gasteiger partial charge in [-0.2, -0.15) is 0 Å². The van der Waals surface area contributed by atoms with Gasteiger partial charge in [0.1, 0.15) is 0 Å². The minimum atomic E-state index is 0.726. The number of ether oxygens (including phenoxy) is 1. The molecule has 0 radical (unpaired) electrons. The summed E-state index contributed by atoms with van der Waals surface area (Å²) in [6.07, 6.45) is 1.43. The predicted octanol–water partition coefficient (Wildman–Crippen LogP) is 2.54. The first-order valence-corrected chi connectivity index (χ1v) is 2.70. The lowest BCUT2D eigenvalue weighted by Gasteiger charge is -1.84. The van der Waals surface area contributed by atoms with Gasteiger partial charge in [-0.25, -0.2) is 0 Å². The van der Waals surface area contributed by atoms with Crippen molar-refractivity contribution in [2.24, 2.45) is 0 Å². The molecule has 0 amide bonds. The first-order chi connectivity index (χ1) is 3.83. The fraction of sp³-hybridized carbons (Fsp3) is 0.333. The van der Waals surface area contributed by atoms with E-state index in [-0.39, 0.29) is 0 Å². The van der Waals surface area contributed by atoms with Gasteiger partial charge in [0, 0.05) is 0 Å². The third-order valence-electron chi connectivity index (χ3n) is 0.285. The Balaban J connectivity index is 0. The van der Waals surface area contributed by atoms with Crippen LogP contribution in [-0.2, 0) is 4.74 Å². The molecule has 0 aliphatic carbocycles. The van der Waals surface area contributed by atoms with Gasteiger partial charge >= 0.3 is 0 Å². The topological polar surface area (TPSA) is 9.23 Å². The molecule has 0 aromatic carbocycles. The van der Waals surface area contributed by atoms with Crippen LogP contribution in [-0.4, -0.2) is 6.61 Å². The van der Waals surface area contributed by atoms with Crippen LogP contribution in [0.2, 0.25) is 0 Å². The predicted molar refractivity (Wildman–Crippen MR) is 37.9 cm³/mol. The van der Waals surface area contributed by atoms with E-state index in [1.807, 2.05) is 6.92 Å². The van der Waals surface area contributed by atoms with Gasteiger partial charge < -0.3 is 4.74 Å². The maximum absolute atomic E-state index is 4.76. The number of halogens is 1. The Labute approximate surface area is 55.6 Å². The van der Waals surface area contributed by atoms with E-state index in [0.29, 0.717) is 0 Å². The molecule has 0 aromatic rings. The second-order valence-corrected chi connectivity index (χ2v) is 1.08. The number of hydrogen-bond donors (Lipinski definition) is 0. The van der Waals surface area contributed by atoms with E-state index >= 15 is 0 Å². The van der Waals surface area contributed by atoms with E-state index in [2.05, 4.69) is 17.9 Å². The summed E-state index contributed by atoms with van der Waals surface area (Å²) in [4.78, 5) is 0. The van der Waals surface area contributed by atoms with Crippen LogP contribution < -0.4 is 0 Å². The highest BCUT2D eigenvalue weighted by Gasteiger charge is 1.55. The maximum atomic E-state index is 4.76. The molecule has 0 atom stereocenters. The minimum Gasteiger partial charge on any atom is -0.502 e. The Bertz CT molecular complexity index is 52.5. The summed E-state index contributed by atoms with van der Waals surface area (Å²) in [5, 5.41) is 0. The molecule has 48 valence electrons. The van der Waals surface area contributed by atoms with Crippen LogP contribution in [0.5, 0.6) is 0 Å². The SMILES string of the molecule is C=CCl.C=COCC. The van der Waals surface area contributed by atoms with Crippen LogP contribution in [0.1, 0.15) is 6.92 Å². The van der Waals surface area contributed by atoms with Gasteiger partial charge in [0.15, 0.2) is 0 Å². The standard InChI is InChI=1S/C4H8O.C2H3Cl/c1-3-5-4-2;1-2-3/h3H,1,4H2,2H3;2H,1H2. The Morgan fingerprint density at radius 3 is 2.00 bits per heavy atom. The van der Waals surface area contributed by atoms with Crippen LogP contribution in [0.4, 0.5) is 0 Å². The summed E-state index contributed by atoms with van der Waals surface area (Å²) in [6, 6.07) is 0. The van der Waals surface area contributed by atoms with Crippen molar-refractivity contribution in [2.45, 2.75) is 6.92 Å². The molecule has 0 saturated carbocycles. The molecule has 0 aliphatic heterocycles. The third-order valence-corrected chi connectivity index (χ3v) is 0.285. The molecule has 0 bridgehead atoms. The Morgan fingerprint density at radius 1 is 1.62 bits per heavy atom. The van der Waals surface area contributed by atoms with Crippen molar-refractivity contribution in [2.75, 3.05) is 6.61 Å². The summed E-state index contributed by atoms with van der Waals surface area (Å²) in [7, 11) is 0. The lowest BCUT2D eigenvalue weighted by atomic mass is 10.9. The normalized spacial score (nSPS) is 5.75. The molecule has 0 aliphatic rings. The molecule has 0 unspecified atom stereocenters. The molecule has 0 heterocycles. The number of hydrogen-bond acceptors (Lipinski definition) is 1. The van der Waals surface area contributed by atoms with Gasteiger partial charge in [0.05, 0.1) is 12.9 Å². The van der Waals surface area contributed by atoms with Crippen molar-refractivity contribution in [3.63, 3.8) is 0 Å². The van der Waals surface area contributed by atoms with Crippen LogP contribution >= 0.6 is 11.6 Å². The van der Waals surface area contributed by atoms with Crippen LogP contribution in [0.25, 0.3) is 0 Å². The summed E-state index contributed by atoms with van der Waals surface area (Å²) in [5.74, 6) is 0. The highest BCUT2D eigenvalue weighted by atomic mass is 35.5. The van der Waals surface area contributed by atoms with Gasteiger partial charge in [0.2, 0.25) is 0 Å². The van der Waals surface area contributed by atoms with E-state index in [1.165, 1.54) is 11.8 Å². The molecular formula is C6H11ClO. The first-order valence-electron chi connectivity index (χ1n) is 2.27. The van der Waals surface area contributed by atoms with Gasteiger partial charge in [-0.05, 0) is 12.5 Å². The fourth-order valence-electron chi connectivity index (χ4n) is 0.118. The smallest absolute Gasteiger partial charge is 0.0844 e. The monoisotopic (exact) mass is 134 g/mol. The maximum Gasteiger partial charge on any atom is 0.0844 e. The third kappa shape index (κ3) is 47.2. The van der Waals surface area contributed by atoms with Gasteiger partial charge in [0.25, 0.3) is 0 Å². The van der Waals surface area contributed by atoms with E-state index in [4.69, 9.17) is 11.6 Å². The summed E-state index contributed by atoms with van der Waals surface area (Å²) < 4.78 is 4.60. The molecule has 0 aromatic heterocycles. The minimum absolute atomic E-state index is 0.726. The molecule has 0 saturated heterocycles. The largest absolute Gasteiger partial charge is 0.502 e. The van der Waals surface area contributed by atoms with Gasteiger partial charge in [-0.3, -0.25) is 0 Å². The molecular weight excluding hydrogens is 124 g/mol. The Morgan fingerprint density at radius 2 is 2.00 bits per heavy atom. The van der Waals surface area contributed by atoms with Crippen molar-refractivity contribution in [1.82, 2.24) is 0 Å². The Kier molecular flexibility index (Phi) is 21.1. The zero-order chi connectivity index (χ0) is 6.83. The van der Waals surface area contributed by atoms with E-state index in [1.54, 1.807) is 0 Å². The van der Waals surface area contributed by atoms with Gasteiger partial charge in [-0.15, -0.1) is 0 Å². The first kappa shape index (κ1) is 10.5. The average Bonchev–Trinajstić information content (AvgIpc) is 1.71. The fourth-order valence-corrected chi connectivity index (χ4v) is 0.118. The van der Waals surface area contributed by atoms with Crippen LogP contribution in [0.15, 0.2) is 25.0 Å². The molecule has 2 heteroatoms. The average molecular weight is 135 g/mol. The van der Waals surface area contributed by atoms with Crippen molar-refractivity contribution in [3.05, 3.63) is 25.0 Å². The molecule has 0 rings (SSSR count). The van der Waals surface area contributed by atoms with Gasteiger partial charge in [-0.1, -0.05) is 24.8 Å². The zero-order valence-electron chi connectivity index (χ0n) is 5.06. The summed E-state index contributed by atoms with van der Waals surface area (Å²) in [6.45, 7) is 9.10. The van der Waals surface area contributed by atoms with E-state index < -0.39 is 0 Å². The van der Waals surface area contributed by atoms with E-state index in [0.717, 1.165) is 6.61 Å². The molecule has 0 spiro atoms.